The standard InChI is InChI=1S/C27H28Cl2FN3O5S/c1-4-38-22-10-8-21(9-11-22)33(39(36,37)23-12-6-20(30)7-13-23)17-26(34)32(18(2)27(35)31-3)16-19-5-14-24(28)25(29)15-19/h5-15,18H,4,16-17H2,1-3H3,(H,31,35). The Labute approximate surface area is 237 Å². The second-order valence-electron chi connectivity index (χ2n) is 8.45. The van der Waals surface area contributed by atoms with Crippen molar-refractivity contribution >= 4 is 50.7 Å². The number of sulfonamides is 1. The molecule has 0 aliphatic heterocycles. The molecular weight excluding hydrogens is 568 g/mol. The van der Waals surface area contributed by atoms with Crippen LogP contribution in [0, 0.1) is 5.82 Å². The first-order valence-electron chi connectivity index (χ1n) is 11.9. The van der Waals surface area contributed by atoms with Gasteiger partial charge in [0.2, 0.25) is 11.8 Å². The van der Waals surface area contributed by atoms with Crippen molar-refractivity contribution in [1.82, 2.24) is 10.2 Å². The molecule has 2 amide bonds. The Hall–Kier alpha value is -3.34. The van der Waals surface area contributed by atoms with Crippen LogP contribution in [0.4, 0.5) is 10.1 Å². The highest BCUT2D eigenvalue weighted by Crippen LogP contribution is 2.28. The fourth-order valence-corrected chi connectivity index (χ4v) is 5.50. The molecule has 0 fully saturated rings. The zero-order valence-corrected chi connectivity index (χ0v) is 23.9. The van der Waals surface area contributed by atoms with Crippen LogP contribution in [0.25, 0.3) is 0 Å². The second kappa shape index (κ2) is 13.1. The maximum Gasteiger partial charge on any atom is 0.264 e. The molecule has 0 saturated carbocycles. The van der Waals surface area contributed by atoms with E-state index < -0.39 is 40.2 Å². The van der Waals surface area contributed by atoms with Gasteiger partial charge in [-0.15, -0.1) is 0 Å². The van der Waals surface area contributed by atoms with Crippen LogP contribution in [-0.2, 0) is 26.2 Å². The van der Waals surface area contributed by atoms with Gasteiger partial charge in [0.05, 0.1) is 27.2 Å². The summed E-state index contributed by atoms with van der Waals surface area (Å²) >= 11 is 12.2. The fourth-order valence-electron chi connectivity index (χ4n) is 3.76. The quantitative estimate of drug-likeness (QED) is 0.340. The van der Waals surface area contributed by atoms with E-state index in [1.807, 2.05) is 6.92 Å². The fraction of sp³-hybridized carbons (Fsp3) is 0.259. The minimum atomic E-state index is -4.32. The number of nitrogens with zero attached hydrogens (tertiary/aromatic N) is 2. The summed E-state index contributed by atoms with van der Waals surface area (Å²) in [5.74, 6) is -1.19. The van der Waals surface area contributed by atoms with E-state index in [0.717, 1.165) is 28.6 Å². The number of amides is 2. The van der Waals surface area contributed by atoms with Gasteiger partial charge < -0.3 is 15.0 Å². The van der Waals surface area contributed by atoms with Crippen molar-refractivity contribution in [2.24, 2.45) is 0 Å². The first-order chi connectivity index (χ1) is 18.5. The average Bonchev–Trinajstić information content (AvgIpc) is 2.92. The summed E-state index contributed by atoms with van der Waals surface area (Å²) in [6.07, 6.45) is 0. The molecule has 0 spiro atoms. The molecule has 3 aromatic rings. The Balaban J connectivity index is 2.04. The largest absolute Gasteiger partial charge is 0.494 e. The number of carbonyl (C=O) groups excluding carboxylic acids is 2. The highest BCUT2D eigenvalue weighted by atomic mass is 35.5. The highest BCUT2D eigenvalue weighted by Gasteiger charge is 2.32. The highest BCUT2D eigenvalue weighted by molar-refractivity contribution is 7.92. The summed E-state index contributed by atoms with van der Waals surface area (Å²) < 4.78 is 47.3. The van der Waals surface area contributed by atoms with Gasteiger partial charge >= 0.3 is 0 Å². The van der Waals surface area contributed by atoms with Crippen molar-refractivity contribution in [1.29, 1.82) is 0 Å². The molecule has 0 aromatic heterocycles. The predicted molar refractivity (Wildman–Crippen MR) is 149 cm³/mol. The number of halogens is 3. The monoisotopic (exact) mass is 595 g/mol. The summed E-state index contributed by atoms with van der Waals surface area (Å²) in [5.41, 5.74) is 0.765. The maximum atomic E-state index is 13.7. The molecule has 1 unspecified atom stereocenters. The number of hydrogen-bond acceptors (Lipinski definition) is 5. The molecule has 1 atom stereocenters. The minimum Gasteiger partial charge on any atom is -0.494 e. The van der Waals surface area contributed by atoms with Crippen LogP contribution < -0.4 is 14.4 Å². The summed E-state index contributed by atoms with van der Waals surface area (Å²) in [6, 6.07) is 14.3. The van der Waals surface area contributed by atoms with Crippen molar-refractivity contribution in [2.75, 3.05) is 24.5 Å². The predicted octanol–water partition coefficient (Wildman–Crippen LogP) is 4.89. The van der Waals surface area contributed by atoms with Crippen LogP contribution >= 0.6 is 23.2 Å². The Kier molecular flexibility index (Phi) is 10.2. The van der Waals surface area contributed by atoms with Gasteiger partial charge in [-0.3, -0.25) is 13.9 Å². The number of carbonyl (C=O) groups is 2. The van der Waals surface area contributed by atoms with E-state index in [9.17, 15) is 22.4 Å². The van der Waals surface area contributed by atoms with Gasteiger partial charge in [-0.2, -0.15) is 0 Å². The van der Waals surface area contributed by atoms with Gasteiger partial charge in [0.25, 0.3) is 10.0 Å². The van der Waals surface area contributed by atoms with Gasteiger partial charge in [0, 0.05) is 13.6 Å². The van der Waals surface area contributed by atoms with Crippen LogP contribution in [0.15, 0.2) is 71.6 Å². The molecule has 0 heterocycles. The van der Waals surface area contributed by atoms with Crippen LogP contribution in [0.3, 0.4) is 0 Å². The number of benzene rings is 3. The maximum absolute atomic E-state index is 13.7. The van der Waals surface area contributed by atoms with E-state index in [2.05, 4.69) is 5.32 Å². The molecule has 0 radical (unpaired) electrons. The number of ether oxygens (including phenoxy) is 1. The van der Waals surface area contributed by atoms with Crippen LogP contribution in [0.1, 0.15) is 19.4 Å². The van der Waals surface area contributed by atoms with E-state index in [1.165, 1.54) is 31.0 Å². The molecule has 1 N–H and O–H groups in total. The molecule has 0 aliphatic carbocycles. The second-order valence-corrected chi connectivity index (χ2v) is 11.1. The zero-order valence-electron chi connectivity index (χ0n) is 21.5. The number of anilines is 1. The van der Waals surface area contributed by atoms with Gasteiger partial charge in [0.15, 0.2) is 0 Å². The lowest BCUT2D eigenvalue weighted by atomic mass is 10.1. The van der Waals surface area contributed by atoms with E-state index in [0.29, 0.717) is 22.9 Å². The van der Waals surface area contributed by atoms with E-state index in [4.69, 9.17) is 27.9 Å². The number of nitrogens with one attached hydrogen (secondary N) is 1. The topological polar surface area (TPSA) is 96.0 Å². The van der Waals surface area contributed by atoms with Crippen molar-refractivity contribution in [2.45, 2.75) is 31.3 Å². The zero-order chi connectivity index (χ0) is 28.7. The lowest BCUT2D eigenvalue weighted by molar-refractivity contribution is -0.139. The molecule has 0 bridgehead atoms. The van der Waals surface area contributed by atoms with Gasteiger partial charge in [0.1, 0.15) is 24.2 Å². The molecular formula is C27H28Cl2FN3O5S. The van der Waals surface area contributed by atoms with E-state index in [1.54, 1.807) is 30.3 Å². The summed E-state index contributed by atoms with van der Waals surface area (Å²) in [7, 11) is -2.89. The molecule has 3 rings (SSSR count). The van der Waals surface area contributed by atoms with Crippen molar-refractivity contribution in [3.8, 4) is 5.75 Å². The first-order valence-corrected chi connectivity index (χ1v) is 14.1. The Morgan fingerprint density at radius 2 is 1.64 bits per heavy atom. The molecule has 0 aliphatic rings. The number of hydrogen-bond donors (Lipinski definition) is 1. The third-order valence-corrected chi connectivity index (χ3v) is 8.39. The minimum absolute atomic E-state index is 0.0436. The van der Waals surface area contributed by atoms with Crippen molar-refractivity contribution in [3.63, 3.8) is 0 Å². The summed E-state index contributed by atoms with van der Waals surface area (Å²) in [6.45, 7) is 3.07. The van der Waals surface area contributed by atoms with Crippen molar-refractivity contribution < 1.29 is 27.1 Å². The normalized spacial score (nSPS) is 11.9. The van der Waals surface area contributed by atoms with Crippen molar-refractivity contribution in [3.05, 3.63) is 88.2 Å². The Bertz CT molecular complexity index is 1420. The van der Waals surface area contributed by atoms with Gasteiger partial charge in [-0.1, -0.05) is 29.3 Å². The summed E-state index contributed by atoms with van der Waals surface area (Å²) in [4.78, 5) is 27.3. The van der Waals surface area contributed by atoms with E-state index >= 15 is 0 Å². The van der Waals surface area contributed by atoms with Crippen LogP contribution in [-0.4, -0.2) is 51.4 Å². The summed E-state index contributed by atoms with van der Waals surface area (Å²) in [5, 5.41) is 3.10. The molecule has 39 heavy (non-hydrogen) atoms. The third kappa shape index (κ3) is 7.40. The first kappa shape index (κ1) is 30.2. The lowest BCUT2D eigenvalue weighted by Gasteiger charge is -2.32. The van der Waals surface area contributed by atoms with Crippen LogP contribution in [0.5, 0.6) is 5.75 Å². The smallest absolute Gasteiger partial charge is 0.264 e. The number of likely N-dealkylation sites (N-methyl/N-ethyl adjacent to an activating group) is 1. The molecule has 208 valence electrons. The molecule has 12 heteroatoms. The van der Waals surface area contributed by atoms with Gasteiger partial charge in [-0.05, 0) is 80.1 Å². The molecule has 3 aromatic carbocycles. The molecule has 8 nitrogen and oxygen atoms in total. The average molecular weight is 597 g/mol. The Morgan fingerprint density at radius 1 is 1.00 bits per heavy atom. The Morgan fingerprint density at radius 3 is 2.21 bits per heavy atom. The lowest BCUT2D eigenvalue weighted by Crippen LogP contribution is -2.50. The van der Waals surface area contributed by atoms with Crippen LogP contribution in [0.2, 0.25) is 10.0 Å². The number of rotatable bonds is 11. The molecule has 0 saturated heterocycles. The third-order valence-electron chi connectivity index (χ3n) is 5.87. The van der Waals surface area contributed by atoms with Gasteiger partial charge in [-0.25, -0.2) is 12.8 Å². The van der Waals surface area contributed by atoms with E-state index in [-0.39, 0.29) is 22.2 Å². The SMILES string of the molecule is CCOc1ccc(N(CC(=O)N(Cc2ccc(Cl)c(Cl)c2)C(C)C(=O)NC)S(=O)(=O)c2ccc(F)cc2)cc1.